The Morgan fingerprint density at radius 1 is 0.860 bits per heavy atom. The van der Waals surface area contributed by atoms with Gasteiger partial charge in [0.15, 0.2) is 6.10 Å². The van der Waals surface area contributed by atoms with Gasteiger partial charge in [-0.15, -0.1) is 0 Å². The zero-order chi connectivity index (χ0) is 30.6. The van der Waals surface area contributed by atoms with E-state index in [4.69, 9.17) is 4.74 Å². The van der Waals surface area contributed by atoms with E-state index in [-0.39, 0.29) is 12.5 Å². The van der Waals surface area contributed by atoms with Crippen molar-refractivity contribution < 1.29 is 23.9 Å². The van der Waals surface area contributed by atoms with E-state index < -0.39 is 24.1 Å². The van der Waals surface area contributed by atoms with Gasteiger partial charge in [0.2, 0.25) is 6.08 Å². The SMILES string of the molecule is C[C@H](OC(=O)NCc1ccccc1)C(=O)NC1C(=O)N(C)c2ccccc2-c2ccccc21.O=C=NCc1ccccc1. The standard InChI is InChI=1S/C26H25N3O4.C8H7NO/c1-17(33-26(32)27-16-18-10-4-3-5-11-18)24(30)28-23-21-14-7-6-12-19(21)20-13-8-9-15-22(20)29(2)25(23)31;10-7-9-6-8-4-2-1-3-5-8/h3-15,17,23H,16H2,1-2H3,(H,27,32)(H,28,30);1-5H,6H2/t17-,23?;/m0./s1. The van der Waals surface area contributed by atoms with E-state index in [9.17, 15) is 19.2 Å². The van der Waals surface area contributed by atoms with Gasteiger partial charge in [0, 0.05) is 19.2 Å². The van der Waals surface area contributed by atoms with Crippen molar-refractivity contribution in [1.29, 1.82) is 0 Å². The van der Waals surface area contributed by atoms with Crippen molar-refractivity contribution in [3.63, 3.8) is 0 Å². The molecule has 4 aromatic carbocycles. The number of nitrogens with zero attached hydrogens (tertiary/aromatic N) is 2. The Balaban J connectivity index is 0.000000359. The van der Waals surface area contributed by atoms with E-state index in [0.717, 1.165) is 27.9 Å². The molecule has 0 fully saturated rings. The molecule has 5 rings (SSSR count). The molecule has 1 unspecified atom stereocenters. The van der Waals surface area contributed by atoms with E-state index in [1.807, 2.05) is 109 Å². The number of likely N-dealkylation sites (N-methyl/N-ethyl adjacent to an activating group) is 1. The molecule has 4 aromatic rings. The summed E-state index contributed by atoms with van der Waals surface area (Å²) >= 11 is 0. The number of para-hydroxylation sites is 1. The molecule has 0 radical (unpaired) electrons. The van der Waals surface area contributed by atoms with Gasteiger partial charge in [0.25, 0.3) is 11.8 Å². The van der Waals surface area contributed by atoms with Crippen molar-refractivity contribution in [2.45, 2.75) is 32.2 Å². The van der Waals surface area contributed by atoms with E-state index in [2.05, 4.69) is 15.6 Å². The third kappa shape index (κ3) is 8.03. The number of nitrogens with one attached hydrogen (secondary N) is 2. The maximum atomic E-state index is 13.3. The van der Waals surface area contributed by atoms with Gasteiger partial charge in [-0.25, -0.2) is 14.6 Å². The average molecular weight is 577 g/mol. The summed E-state index contributed by atoms with van der Waals surface area (Å²) in [5.74, 6) is -0.834. The van der Waals surface area contributed by atoms with Crippen molar-refractivity contribution in [2.75, 3.05) is 11.9 Å². The third-order valence-electron chi connectivity index (χ3n) is 6.79. The highest BCUT2D eigenvalue weighted by atomic mass is 16.6. The van der Waals surface area contributed by atoms with E-state index >= 15 is 0 Å². The normalized spacial score (nSPS) is 13.9. The number of aliphatic imine (C=N–C) groups is 1. The number of benzene rings is 4. The lowest BCUT2D eigenvalue weighted by Crippen LogP contribution is -2.45. The van der Waals surface area contributed by atoms with Crippen molar-refractivity contribution in [3.05, 3.63) is 126 Å². The highest BCUT2D eigenvalue weighted by molar-refractivity contribution is 6.06. The first kappa shape index (κ1) is 30.4. The molecule has 0 aromatic heterocycles. The van der Waals surface area contributed by atoms with Crippen LogP contribution in [0.1, 0.15) is 29.7 Å². The zero-order valence-corrected chi connectivity index (χ0v) is 23.9. The molecule has 1 aliphatic heterocycles. The molecule has 0 saturated carbocycles. The summed E-state index contributed by atoms with van der Waals surface area (Å²) in [6.45, 7) is 2.19. The number of rotatable bonds is 7. The second-order valence-electron chi connectivity index (χ2n) is 9.72. The van der Waals surface area contributed by atoms with Crippen molar-refractivity contribution >= 4 is 29.7 Å². The number of fused-ring (bicyclic) bond motifs is 3. The molecule has 1 heterocycles. The third-order valence-corrected chi connectivity index (χ3v) is 6.79. The van der Waals surface area contributed by atoms with Crippen LogP contribution in [0.25, 0.3) is 11.1 Å². The van der Waals surface area contributed by atoms with E-state index in [0.29, 0.717) is 12.1 Å². The minimum absolute atomic E-state index is 0.276. The first-order valence-electron chi connectivity index (χ1n) is 13.7. The van der Waals surface area contributed by atoms with Gasteiger partial charge < -0.3 is 20.3 Å². The molecule has 1 aliphatic rings. The summed E-state index contributed by atoms with van der Waals surface area (Å²) in [6.07, 6.45) is -0.305. The fourth-order valence-corrected chi connectivity index (χ4v) is 4.57. The van der Waals surface area contributed by atoms with Crippen LogP contribution >= 0.6 is 0 Å². The average Bonchev–Trinajstić information content (AvgIpc) is 3.13. The first-order valence-corrected chi connectivity index (χ1v) is 13.7. The maximum Gasteiger partial charge on any atom is 0.408 e. The molecule has 0 saturated heterocycles. The second-order valence-corrected chi connectivity index (χ2v) is 9.72. The summed E-state index contributed by atoms with van der Waals surface area (Å²) in [4.78, 5) is 53.0. The molecule has 0 aliphatic carbocycles. The minimum atomic E-state index is -1.09. The Morgan fingerprint density at radius 2 is 1.44 bits per heavy atom. The summed E-state index contributed by atoms with van der Waals surface area (Å²) in [5, 5.41) is 5.40. The number of ether oxygens (including phenoxy) is 1. The summed E-state index contributed by atoms with van der Waals surface area (Å²) < 4.78 is 5.23. The van der Waals surface area contributed by atoms with Crippen LogP contribution in [0.4, 0.5) is 10.5 Å². The monoisotopic (exact) mass is 576 g/mol. The highest BCUT2D eigenvalue weighted by Gasteiger charge is 2.34. The number of alkyl carbamates (subject to hydrolysis) is 1. The molecule has 0 bridgehead atoms. The van der Waals surface area contributed by atoms with Crippen LogP contribution in [-0.2, 0) is 32.2 Å². The smallest absolute Gasteiger partial charge is 0.408 e. The van der Waals surface area contributed by atoms with Crippen molar-refractivity contribution in [2.24, 2.45) is 4.99 Å². The predicted octanol–water partition coefficient (Wildman–Crippen LogP) is 5.32. The Labute approximate surface area is 250 Å². The van der Waals surface area contributed by atoms with Crippen LogP contribution in [-0.4, -0.2) is 37.1 Å². The Morgan fingerprint density at radius 3 is 2.12 bits per heavy atom. The molecule has 2 N–H and O–H groups in total. The fourth-order valence-electron chi connectivity index (χ4n) is 4.57. The lowest BCUT2D eigenvalue weighted by atomic mass is 9.95. The summed E-state index contributed by atoms with van der Waals surface area (Å²) in [5.41, 5.74) is 5.17. The summed E-state index contributed by atoms with van der Waals surface area (Å²) in [6, 6.07) is 33.1. The summed E-state index contributed by atoms with van der Waals surface area (Å²) in [7, 11) is 1.68. The Bertz CT molecular complexity index is 1600. The Kier molecular flexibility index (Phi) is 10.6. The van der Waals surface area contributed by atoms with Gasteiger partial charge in [-0.2, -0.15) is 0 Å². The topological polar surface area (TPSA) is 117 Å². The number of amides is 3. The molecule has 43 heavy (non-hydrogen) atoms. The van der Waals surface area contributed by atoms with Crippen LogP contribution < -0.4 is 15.5 Å². The maximum absolute atomic E-state index is 13.3. The lowest BCUT2D eigenvalue weighted by molar-refractivity contribution is -0.132. The number of carbonyl (C=O) groups excluding carboxylic acids is 4. The van der Waals surface area contributed by atoms with Crippen LogP contribution in [0, 0.1) is 0 Å². The predicted molar refractivity (Wildman–Crippen MR) is 164 cm³/mol. The van der Waals surface area contributed by atoms with Crippen LogP contribution in [0.3, 0.4) is 0 Å². The first-order chi connectivity index (χ1) is 20.9. The van der Waals surface area contributed by atoms with Crippen LogP contribution in [0.15, 0.2) is 114 Å². The van der Waals surface area contributed by atoms with Gasteiger partial charge in [-0.1, -0.05) is 103 Å². The molecular weight excluding hydrogens is 544 g/mol. The second kappa shape index (κ2) is 14.9. The van der Waals surface area contributed by atoms with E-state index in [1.165, 1.54) is 13.0 Å². The van der Waals surface area contributed by atoms with Gasteiger partial charge >= 0.3 is 6.09 Å². The quantitative estimate of drug-likeness (QED) is 0.228. The molecule has 0 spiro atoms. The number of carbonyl (C=O) groups is 3. The molecule has 218 valence electrons. The van der Waals surface area contributed by atoms with Crippen molar-refractivity contribution in [1.82, 2.24) is 10.6 Å². The molecular formula is C34H32N4O5. The zero-order valence-electron chi connectivity index (χ0n) is 23.9. The molecule has 3 amide bonds. The van der Waals surface area contributed by atoms with Gasteiger partial charge in [0.1, 0.15) is 6.04 Å². The number of isocyanates is 1. The molecule has 2 atom stereocenters. The number of hydrogen-bond acceptors (Lipinski definition) is 6. The highest BCUT2D eigenvalue weighted by Crippen LogP contribution is 2.39. The van der Waals surface area contributed by atoms with Gasteiger partial charge in [-0.3, -0.25) is 9.59 Å². The van der Waals surface area contributed by atoms with E-state index in [1.54, 1.807) is 11.9 Å². The molecule has 9 nitrogen and oxygen atoms in total. The van der Waals surface area contributed by atoms with Crippen LogP contribution in [0.5, 0.6) is 0 Å². The number of anilines is 1. The van der Waals surface area contributed by atoms with Crippen LogP contribution in [0.2, 0.25) is 0 Å². The lowest BCUT2D eigenvalue weighted by Gasteiger charge is -2.24. The molecule has 9 heteroatoms. The fraction of sp³-hybridized carbons (Fsp3) is 0.176. The largest absolute Gasteiger partial charge is 0.436 e. The van der Waals surface area contributed by atoms with Gasteiger partial charge in [0.05, 0.1) is 12.2 Å². The Hall–Kier alpha value is -5.53. The minimum Gasteiger partial charge on any atom is -0.436 e. The van der Waals surface area contributed by atoms with Gasteiger partial charge in [-0.05, 0) is 35.2 Å². The van der Waals surface area contributed by atoms with Crippen molar-refractivity contribution in [3.8, 4) is 11.1 Å². The number of hydrogen-bond donors (Lipinski definition) is 2.